The number of rotatable bonds is 10. The summed E-state index contributed by atoms with van der Waals surface area (Å²) in [6.45, 7) is 12.0. The summed E-state index contributed by atoms with van der Waals surface area (Å²) >= 11 is 1.62. The first-order valence-electron chi connectivity index (χ1n) is 11.8. The zero-order valence-electron chi connectivity index (χ0n) is 19.5. The Kier molecular flexibility index (Phi) is 9.63. The van der Waals surface area contributed by atoms with Crippen LogP contribution in [-0.4, -0.2) is 30.4 Å². The molecule has 1 N–H and O–H groups in total. The number of hydrogen-bond donors (Lipinski definition) is 1. The highest BCUT2D eigenvalue weighted by atomic mass is 32.2. The lowest BCUT2D eigenvalue weighted by atomic mass is 9.96. The summed E-state index contributed by atoms with van der Waals surface area (Å²) in [6.07, 6.45) is 6.25. The van der Waals surface area contributed by atoms with Gasteiger partial charge in [0.2, 0.25) is 0 Å². The molecule has 1 amide bonds. The zero-order chi connectivity index (χ0) is 22.8. The first-order valence-corrected chi connectivity index (χ1v) is 12.7. The predicted octanol–water partition coefficient (Wildman–Crippen LogP) is 7.35. The van der Waals surface area contributed by atoms with E-state index >= 15 is 0 Å². The maximum Gasteiger partial charge on any atom is 0.251 e. The van der Waals surface area contributed by atoms with Gasteiger partial charge in [0.15, 0.2) is 0 Å². The topological polar surface area (TPSA) is 32.3 Å². The monoisotopic (exact) mass is 448 g/mol. The number of piperidine rings is 1. The number of thioether (sulfide) groups is 1. The first-order chi connectivity index (χ1) is 15.6. The van der Waals surface area contributed by atoms with E-state index in [1.54, 1.807) is 11.8 Å². The van der Waals surface area contributed by atoms with E-state index in [2.05, 4.69) is 35.9 Å². The Hall–Kier alpha value is -2.30. The van der Waals surface area contributed by atoms with E-state index in [0.717, 1.165) is 29.9 Å². The molecule has 1 aliphatic rings. The summed E-state index contributed by atoms with van der Waals surface area (Å²) in [5, 5.41) is 5.04. The van der Waals surface area contributed by atoms with E-state index < -0.39 is 0 Å². The van der Waals surface area contributed by atoms with Crippen molar-refractivity contribution in [2.45, 2.75) is 46.0 Å². The molecule has 1 aliphatic heterocycles. The minimum absolute atomic E-state index is 0.0700. The van der Waals surface area contributed by atoms with Gasteiger partial charge in [-0.2, -0.15) is 0 Å². The van der Waals surface area contributed by atoms with Gasteiger partial charge in [0, 0.05) is 16.8 Å². The summed E-state index contributed by atoms with van der Waals surface area (Å²) < 4.78 is 0. The van der Waals surface area contributed by atoms with Crippen LogP contribution in [0.15, 0.2) is 77.1 Å². The molecule has 32 heavy (non-hydrogen) atoms. The number of amides is 1. The molecule has 1 heterocycles. The number of anilines is 1. The van der Waals surface area contributed by atoms with Gasteiger partial charge in [-0.15, -0.1) is 11.8 Å². The van der Waals surface area contributed by atoms with Gasteiger partial charge in [0.1, 0.15) is 0 Å². The molecule has 0 aromatic heterocycles. The summed E-state index contributed by atoms with van der Waals surface area (Å²) in [7, 11) is 0. The van der Waals surface area contributed by atoms with Gasteiger partial charge in [-0.05, 0) is 73.7 Å². The van der Waals surface area contributed by atoms with Gasteiger partial charge in [-0.3, -0.25) is 4.79 Å². The summed E-state index contributed by atoms with van der Waals surface area (Å²) in [6, 6.07) is 18.1. The number of carbonyl (C=O) groups excluding carboxylic acids is 1. The van der Waals surface area contributed by atoms with Crippen molar-refractivity contribution in [1.29, 1.82) is 0 Å². The van der Waals surface area contributed by atoms with Crippen molar-refractivity contribution in [3.05, 3.63) is 77.1 Å². The molecular formula is C28H36N2OS. The minimum Gasteiger partial charge on any atom is -0.322 e. The molecule has 3 rings (SSSR count). The maximum absolute atomic E-state index is 12.8. The van der Waals surface area contributed by atoms with Crippen molar-refractivity contribution in [3.8, 4) is 11.1 Å². The second kappa shape index (κ2) is 12.7. The minimum atomic E-state index is -0.0700. The Bertz CT molecular complexity index is 914. The van der Waals surface area contributed by atoms with E-state index in [1.165, 1.54) is 43.6 Å². The van der Waals surface area contributed by atoms with Gasteiger partial charge in [-0.1, -0.05) is 74.9 Å². The molecule has 0 saturated carbocycles. The zero-order valence-corrected chi connectivity index (χ0v) is 20.3. The third-order valence-electron chi connectivity index (χ3n) is 6.13. The van der Waals surface area contributed by atoms with Crippen molar-refractivity contribution >= 4 is 23.4 Å². The number of nitrogens with one attached hydrogen (secondary N) is 1. The highest BCUT2D eigenvalue weighted by molar-refractivity contribution is 8.05. The molecule has 1 fully saturated rings. The number of likely N-dealkylation sites (tertiary alicyclic amines) is 1. The van der Waals surface area contributed by atoms with E-state index in [0.29, 0.717) is 11.5 Å². The standard InChI is InChI=1S/C28H36N2OS/c1-4-5-11-18-30-19-16-24(17-20-30)23(3)32-21-22(2)28(31)29-27-15-10-9-14-26(27)25-12-7-6-8-13-25/h6-10,12-15,21,24H,3-5,11,16-20H2,1-2H3,(H,29,31)/b22-21+. The van der Waals surface area contributed by atoms with Crippen LogP contribution in [0.4, 0.5) is 5.69 Å². The molecule has 2 aromatic carbocycles. The van der Waals surface area contributed by atoms with Gasteiger partial charge < -0.3 is 10.2 Å². The Morgan fingerprint density at radius 3 is 2.50 bits per heavy atom. The van der Waals surface area contributed by atoms with Crippen LogP contribution in [0, 0.1) is 5.92 Å². The van der Waals surface area contributed by atoms with E-state index in [-0.39, 0.29) is 5.91 Å². The molecule has 0 atom stereocenters. The number of unbranched alkanes of at least 4 members (excludes halogenated alkanes) is 2. The van der Waals surface area contributed by atoms with Gasteiger partial charge >= 0.3 is 0 Å². The van der Waals surface area contributed by atoms with Crippen LogP contribution in [0.5, 0.6) is 0 Å². The lowest BCUT2D eigenvalue weighted by molar-refractivity contribution is -0.112. The fourth-order valence-electron chi connectivity index (χ4n) is 4.06. The number of allylic oxidation sites excluding steroid dienone is 1. The molecular weight excluding hydrogens is 412 g/mol. The van der Waals surface area contributed by atoms with Crippen LogP contribution in [0.2, 0.25) is 0 Å². The van der Waals surface area contributed by atoms with Crippen LogP contribution in [0.3, 0.4) is 0 Å². The fraction of sp³-hybridized carbons (Fsp3) is 0.393. The molecule has 0 unspecified atom stereocenters. The van der Waals surface area contributed by atoms with Crippen LogP contribution in [0.1, 0.15) is 46.0 Å². The van der Waals surface area contributed by atoms with Crippen molar-refractivity contribution in [3.63, 3.8) is 0 Å². The fourth-order valence-corrected chi connectivity index (χ4v) is 4.92. The summed E-state index contributed by atoms with van der Waals surface area (Å²) in [5.74, 6) is 0.466. The molecule has 170 valence electrons. The quantitative estimate of drug-likeness (QED) is 0.305. The predicted molar refractivity (Wildman–Crippen MR) is 140 cm³/mol. The van der Waals surface area contributed by atoms with Crippen LogP contribution in [0.25, 0.3) is 11.1 Å². The maximum atomic E-state index is 12.8. The molecule has 0 radical (unpaired) electrons. The van der Waals surface area contributed by atoms with Gasteiger partial charge in [-0.25, -0.2) is 0 Å². The SMILES string of the molecule is C=C(S/C=C(\C)C(=O)Nc1ccccc1-c1ccccc1)C1CCN(CCCCC)CC1. The molecule has 0 spiro atoms. The number of nitrogens with zero attached hydrogens (tertiary/aromatic N) is 1. The summed E-state index contributed by atoms with van der Waals surface area (Å²) in [5.41, 5.74) is 3.65. The van der Waals surface area contributed by atoms with E-state index in [4.69, 9.17) is 0 Å². The Balaban J connectivity index is 1.52. The summed E-state index contributed by atoms with van der Waals surface area (Å²) in [4.78, 5) is 16.6. The number of carbonyl (C=O) groups is 1. The van der Waals surface area contributed by atoms with Crippen molar-refractivity contribution in [1.82, 2.24) is 4.90 Å². The Labute approximate surface area is 198 Å². The van der Waals surface area contributed by atoms with Crippen LogP contribution >= 0.6 is 11.8 Å². The average Bonchev–Trinajstić information content (AvgIpc) is 2.83. The smallest absolute Gasteiger partial charge is 0.251 e. The van der Waals surface area contributed by atoms with Gasteiger partial charge in [0.05, 0.1) is 0 Å². The highest BCUT2D eigenvalue weighted by Gasteiger charge is 2.21. The average molecular weight is 449 g/mol. The van der Waals surface area contributed by atoms with E-state index in [9.17, 15) is 4.79 Å². The lowest BCUT2D eigenvalue weighted by Gasteiger charge is -2.32. The second-order valence-corrected chi connectivity index (χ2v) is 9.57. The van der Waals surface area contributed by atoms with Crippen LogP contribution < -0.4 is 5.32 Å². The molecule has 0 bridgehead atoms. The van der Waals surface area contributed by atoms with Gasteiger partial charge in [0.25, 0.3) is 5.91 Å². The number of para-hydroxylation sites is 1. The third kappa shape index (κ3) is 7.11. The number of hydrogen-bond acceptors (Lipinski definition) is 3. The van der Waals surface area contributed by atoms with Crippen molar-refractivity contribution in [2.75, 3.05) is 25.0 Å². The Morgan fingerprint density at radius 1 is 1.09 bits per heavy atom. The van der Waals surface area contributed by atoms with Crippen molar-refractivity contribution in [2.24, 2.45) is 5.92 Å². The third-order valence-corrected chi connectivity index (χ3v) is 7.23. The molecule has 3 nitrogen and oxygen atoms in total. The lowest BCUT2D eigenvalue weighted by Crippen LogP contribution is -2.34. The highest BCUT2D eigenvalue weighted by Crippen LogP contribution is 2.33. The molecule has 4 heteroatoms. The normalized spacial score (nSPS) is 15.5. The van der Waals surface area contributed by atoms with Crippen LogP contribution in [-0.2, 0) is 4.79 Å². The first kappa shape index (κ1) is 24.3. The largest absolute Gasteiger partial charge is 0.322 e. The number of benzene rings is 2. The van der Waals surface area contributed by atoms with Crippen molar-refractivity contribution < 1.29 is 4.79 Å². The molecule has 1 saturated heterocycles. The van der Waals surface area contributed by atoms with E-state index in [1.807, 2.05) is 54.8 Å². The Morgan fingerprint density at radius 2 is 1.78 bits per heavy atom. The second-order valence-electron chi connectivity index (χ2n) is 8.57. The molecule has 2 aromatic rings. The molecule has 0 aliphatic carbocycles.